The van der Waals surface area contributed by atoms with Crippen LogP contribution in [0.3, 0.4) is 0 Å². The molecule has 3 aliphatic rings. The fourth-order valence-electron chi connectivity index (χ4n) is 11.7. The molecule has 12 aromatic heterocycles. The van der Waals surface area contributed by atoms with E-state index in [1.54, 1.807) is 61.5 Å². The fraction of sp³-hybridized carbons (Fsp3) is 0.0476. The normalized spacial score (nSPS) is 11.0. The van der Waals surface area contributed by atoms with Gasteiger partial charge in [-0.05, 0) is 110 Å². The molecule has 0 aliphatic carbocycles. The van der Waals surface area contributed by atoms with Crippen molar-refractivity contribution in [3.8, 4) is 34.3 Å². The number of hydrogen-bond donors (Lipinski definition) is 9. The van der Waals surface area contributed by atoms with Crippen molar-refractivity contribution >= 4 is 241 Å². The molecule has 4 radical (unpaired) electrons. The molecule has 3 aliphatic heterocycles. The number of anilines is 1. The zero-order valence-electron chi connectivity index (χ0n) is 66.8. The van der Waals surface area contributed by atoms with E-state index in [2.05, 4.69) is 90.8 Å². The van der Waals surface area contributed by atoms with Crippen LogP contribution in [-0.4, -0.2) is 178 Å². The second kappa shape index (κ2) is 45.0. The summed E-state index contributed by atoms with van der Waals surface area (Å²) in [5, 5.41) is 65.6. The first kappa shape index (κ1) is 99.4. The number of carboxylic acids is 6. The second-order valence-corrected chi connectivity index (χ2v) is 31.3. The monoisotopic (exact) mass is 1980 g/mol. The van der Waals surface area contributed by atoms with Gasteiger partial charge in [-0.25, -0.2) is 73.2 Å². The van der Waals surface area contributed by atoms with Gasteiger partial charge in [0, 0.05) is 115 Å². The second-order valence-electron chi connectivity index (χ2n) is 25.6. The number of nitrogens with zero attached hydrogens (tertiary/aromatic N) is 12. The van der Waals surface area contributed by atoms with Gasteiger partial charge in [-0.15, -0.1) is 0 Å². The smallest absolute Gasteiger partial charge is 0.365 e. The summed E-state index contributed by atoms with van der Waals surface area (Å²) in [5.41, 5.74) is 12.4. The number of aromatic carboxylic acids is 6. The molecule has 0 atom stereocenters. The molecule has 4 aromatic carbocycles. The lowest BCUT2D eigenvalue weighted by atomic mass is 10.1. The molecule has 0 unspecified atom stereocenters. The number of esters is 2. The van der Waals surface area contributed by atoms with Crippen LogP contribution < -0.4 is 26.2 Å². The number of carbonyl (C=O) groups is 8. The van der Waals surface area contributed by atoms with Gasteiger partial charge >= 0.3 is 47.8 Å². The number of aryl methyl sites for hydroxylation is 2. The molecule has 131 heavy (non-hydrogen) atoms. The lowest BCUT2D eigenvalue weighted by Gasteiger charge is -2.18. The van der Waals surface area contributed by atoms with Crippen LogP contribution in [-0.2, 0) is 4.74 Å². The molecule has 0 fully saturated rings. The van der Waals surface area contributed by atoms with Crippen LogP contribution in [0.2, 0.25) is 45.5 Å². The van der Waals surface area contributed by atoms with Crippen LogP contribution >= 0.6 is 128 Å². The minimum absolute atomic E-state index is 0.00694. The Balaban J connectivity index is 0.000000153. The average molecular weight is 1980 g/mol. The number of rotatable bonds is 8. The summed E-state index contributed by atoms with van der Waals surface area (Å²) in [6.45, 7) is 4.19. The Morgan fingerprint density at radius 2 is 0.863 bits per heavy atom. The fourth-order valence-corrected chi connectivity index (χ4v) is 16.2. The van der Waals surface area contributed by atoms with Gasteiger partial charge in [0.2, 0.25) is 11.8 Å². The van der Waals surface area contributed by atoms with Crippen molar-refractivity contribution in [3.05, 3.63) is 317 Å². The summed E-state index contributed by atoms with van der Waals surface area (Å²) in [4.78, 5) is 147. The highest BCUT2D eigenvalue weighted by Crippen LogP contribution is 2.52. The van der Waals surface area contributed by atoms with E-state index < -0.39 is 70.1 Å². The Kier molecular flexibility index (Phi) is 34.1. The van der Waals surface area contributed by atoms with Crippen LogP contribution in [0.25, 0.3) is 66.1 Å². The maximum Gasteiger partial charge on any atom is 0.365 e. The summed E-state index contributed by atoms with van der Waals surface area (Å²) in [6.07, 6.45) is 14.7. The molecule has 47 heteroatoms. The zero-order chi connectivity index (χ0) is 95.5. The maximum atomic E-state index is 11.2. The molecule has 19 rings (SSSR count). The third kappa shape index (κ3) is 23.5. The number of cyclic esters (lactones) is 2. The number of methoxy groups -OCH3 is 2. The van der Waals surface area contributed by atoms with Gasteiger partial charge < -0.3 is 69.7 Å². The van der Waals surface area contributed by atoms with Gasteiger partial charge in [0.1, 0.15) is 60.9 Å². The van der Waals surface area contributed by atoms with Crippen molar-refractivity contribution in [3.63, 3.8) is 0 Å². The molecular weight excluding hydrogens is 1930 g/mol. The highest BCUT2D eigenvalue weighted by molar-refractivity contribution is 8.00. The predicted octanol–water partition coefficient (Wildman–Crippen LogP) is 18.1. The molecule has 10 N–H and O–H groups in total. The van der Waals surface area contributed by atoms with E-state index >= 15 is 0 Å². The van der Waals surface area contributed by atoms with Gasteiger partial charge in [0.05, 0.1) is 77.1 Å². The summed E-state index contributed by atoms with van der Waals surface area (Å²) < 4.78 is 17.2. The molecule has 660 valence electrons. The number of nitrogens with one attached hydrogen (secondary N) is 2. The number of fused-ring (bicyclic) bond motifs is 7. The van der Waals surface area contributed by atoms with Crippen molar-refractivity contribution in [2.45, 2.75) is 33.4 Å². The summed E-state index contributed by atoms with van der Waals surface area (Å²) in [7, 11) is 14.9. The Bertz CT molecular complexity index is 7220. The first-order valence-corrected chi connectivity index (χ1v) is 41.3. The quantitative estimate of drug-likeness (QED) is 0.0295. The van der Waals surface area contributed by atoms with Crippen molar-refractivity contribution in [2.24, 2.45) is 0 Å². The number of carboxylic acid groups (broad SMARTS) is 6. The Morgan fingerprint density at radius 3 is 1.37 bits per heavy atom. The van der Waals surface area contributed by atoms with Crippen molar-refractivity contribution < 1.29 is 83.2 Å². The van der Waals surface area contributed by atoms with Crippen molar-refractivity contribution in [1.82, 2.24) is 69.2 Å². The third-order valence-corrected chi connectivity index (χ3v) is 22.9. The molecule has 0 spiro atoms. The van der Waals surface area contributed by atoms with E-state index in [1.165, 1.54) is 111 Å². The molecule has 16 aromatic rings. The maximum absolute atomic E-state index is 11.2. The molecule has 0 amide bonds. The van der Waals surface area contributed by atoms with Crippen LogP contribution in [0, 0.1) is 13.8 Å². The Labute approximate surface area is 792 Å². The number of nitrogens with two attached hydrogens (primary N) is 1. The number of hydrogen-bond acceptors (Lipinski definition) is 26. The average Bonchev–Trinajstić information content (AvgIpc) is 1.60. The van der Waals surface area contributed by atoms with Gasteiger partial charge in [-0.2, -0.15) is 10.2 Å². The van der Waals surface area contributed by atoms with Gasteiger partial charge in [0.15, 0.2) is 16.8 Å². The van der Waals surface area contributed by atoms with E-state index in [0.29, 0.717) is 11.0 Å². The highest BCUT2D eigenvalue weighted by Gasteiger charge is 2.34. The van der Waals surface area contributed by atoms with E-state index in [4.69, 9.17) is 166 Å². The topological polar surface area (TPSA) is 516 Å². The number of benzene rings is 4. The number of nitrogen functional groups attached to an aromatic ring is 1. The van der Waals surface area contributed by atoms with E-state index in [-0.39, 0.29) is 80.4 Å². The number of aromatic nitrogens is 14. The standard InChI is InChI=1S/C14H10BN3OS.C13H7BClN3S.C9H6ClN.C9H7NO.C7H4ClNO4.C7H2ClNO3.C7H6ClNO3.C6H3Cl2NO2.C6H5ClN2O2.C6H4ClNO3/c1-7-3-4-8-10-12(17-18(8)15)11-9(20-13(7)10)5-6-16-14(11)19-2;1-6-2-3-7-9-11(17-18(7)14)10-8(19-12(6)9)4-5-16-13(10)15;10-8-5-6-11-9-4-2-1-3-7(8)9;11-9-5-6-10-8-4-2-1-3-7(8)9;8-3-1-2-9-5(7(12)13)4(3)6(10)11;8-3-1-2-9-5-4(3)6(10)12-7(5)11;1-12-6-5(7(10)11)4(8)2-3-9-6;2*7-3-1-2-9-5(8)4(3)6(10)11;7-3-1-2-8-5(9)4(3)6(10)11/h3-6H,1-2H3;2-5H,1H3;1-6H;1-6H,(H,10,11);1-2H,(H,10,11)(H,12,13);1-2H;2-3H,1H3,(H,10,11);1-2H,(H,10,11);1-2H,(H2,8,9)(H,10,11);1-2H,(H,8,9)(H,10,11). The van der Waals surface area contributed by atoms with E-state index in [1.807, 2.05) is 72.8 Å². The number of aromatic amines is 2. The molecule has 0 saturated carbocycles. The summed E-state index contributed by atoms with van der Waals surface area (Å²) in [5.74, 6) is -8.56. The lowest BCUT2D eigenvalue weighted by Crippen LogP contribution is -2.16. The number of pyridine rings is 10. The van der Waals surface area contributed by atoms with Crippen LogP contribution in [0.15, 0.2) is 225 Å². The first-order chi connectivity index (χ1) is 62.4. The number of halogens is 9. The number of carbonyl (C=O) groups excluding carboxylic acids is 2. The molecule has 15 heterocycles. The van der Waals surface area contributed by atoms with Gasteiger partial charge in [0.25, 0.3) is 21.5 Å². The minimum atomic E-state index is -1.42. The summed E-state index contributed by atoms with van der Waals surface area (Å²) in [6, 6.07) is 38.8. The first-order valence-electron chi connectivity index (χ1n) is 36.3. The molecular formula is C84H54B2Cl9N15O19S2. The number of H-pyrrole nitrogens is 2. The van der Waals surface area contributed by atoms with E-state index in [0.717, 1.165) is 87.1 Å². The number of para-hydroxylation sites is 2. The van der Waals surface area contributed by atoms with Gasteiger partial charge in [-0.1, -0.05) is 170 Å². The van der Waals surface area contributed by atoms with Crippen molar-refractivity contribution in [2.75, 3.05) is 20.0 Å². The SMILES string of the molecule is COc1nccc(Cl)c1C(=O)O.Clc1ccnc2ccccc12.Nc1nccc(Cl)c1C(=O)O.O=C(O)c1c(Cl)cc[nH]c1=O.O=C(O)c1c(Cl)ccnc1Cl.O=C(O)c1nccc(Cl)c1C(=O)O.O=C1OC(=O)c2c(Cl)ccnc21.O=c1cc[nH]c2ccccc12.[B]n1nc2c3c(c(C)ccc31)Sc1ccnc(Cl)c1-2.[B]n1nc2c3c(c(C)ccc31)Sc1ccnc(OC)c1-2. The zero-order valence-corrected chi connectivity index (χ0v) is 75.2. The van der Waals surface area contributed by atoms with Gasteiger partial charge in [-0.3, -0.25) is 14.6 Å². The molecule has 0 bridgehead atoms. The van der Waals surface area contributed by atoms with E-state index in [9.17, 15) is 47.9 Å². The van der Waals surface area contributed by atoms with Crippen LogP contribution in [0.4, 0.5) is 5.82 Å². The molecule has 0 saturated heterocycles. The Hall–Kier alpha value is -13.8. The van der Waals surface area contributed by atoms with Crippen molar-refractivity contribution in [1.29, 1.82) is 0 Å². The lowest BCUT2D eigenvalue weighted by molar-refractivity contribution is 0.0437. The van der Waals surface area contributed by atoms with Crippen LogP contribution in [0.5, 0.6) is 11.8 Å². The largest absolute Gasteiger partial charge is 0.480 e. The number of ether oxygens (including phenoxy) is 3. The Morgan fingerprint density at radius 1 is 0.412 bits per heavy atom. The third-order valence-electron chi connectivity index (χ3n) is 17.6. The molecule has 34 nitrogen and oxygen atoms in total. The summed E-state index contributed by atoms with van der Waals surface area (Å²) >= 11 is 54.2. The van der Waals surface area contributed by atoms with Crippen LogP contribution in [0.1, 0.15) is 94.3 Å². The minimum Gasteiger partial charge on any atom is -0.480 e. The highest BCUT2D eigenvalue weighted by atomic mass is 35.5. The predicted molar refractivity (Wildman–Crippen MR) is 495 cm³/mol.